The maximum absolute atomic E-state index is 11.6. The van der Waals surface area contributed by atoms with Gasteiger partial charge in [-0.15, -0.1) is 0 Å². The van der Waals surface area contributed by atoms with Gasteiger partial charge in [-0.05, 0) is 47.1 Å². The topological polar surface area (TPSA) is 59.0 Å². The van der Waals surface area contributed by atoms with Crippen LogP contribution in [-0.4, -0.2) is 34.3 Å². The standard InChI is InChI=1S/C14H26N4O/c1-11-9-12(2)18(17-11)8-6-7-15-13(19)10-16-14(3,4)5/h9,16H,6-8,10H2,1-5H3,(H,15,19). The molecule has 2 N–H and O–H groups in total. The second kappa shape index (κ2) is 6.70. The lowest BCUT2D eigenvalue weighted by molar-refractivity contribution is -0.120. The van der Waals surface area contributed by atoms with Gasteiger partial charge >= 0.3 is 0 Å². The molecule has 19 heavy (non-hydrogen) atoms. The smallest absolute Gasteiger partial charge is 0.233 e. The molecule has 0 saturated carbocycles. The monoisotopic (exact) mass is 266 g/mol. The number of hydrogen-bond donors (Lipinski definition) is 2. The number of carbonyl (C=O) groups is 1. The second-order valence-corrected chi connectivity index (χ2v) is 5.96. The summed E-state index contributed by atoms with van der Waals surface area (Å²) in [6.45, 7) is 12.1. The van der Waals surface area contributed by atoms with Crippen LogP contribution in [0, 0.1) is 13.8 Å². The van der Waals surface area contributed by atoms with Gasteiger partial charge in [-0.3, -0.25) is 9.48 Å². The first-order valence-electron chi connectivity index (χ1n) is 6.81. The van der Waals surface area contributed by atoms with Crippen LogP contribution in [0.4, 0.5) is 0 Å². The van der Waals surface area contributed by atoms with E-state index in [4.69, 9.17) is 0 Å². The van der Waals surface area contributed by atoms with Gasteiger partial charge in [0.25, 0.3) is 0 Å². The molecule has 1 rings (SSSR count). The van der Waals surface area contributed by atoms with Gasteiger partial charge in [0.15, 0.2) is 0 Å². The van der Waals surface area contributed by atoms with Crippen LogP contribution in [0.5, 0.6) is 0 Å². The zero-order chi connectivity index (χ0) is 14.5. The lowest BCUT2D eigenvalue weighted by atomic mass is 10.1. The van der Waals surface area contributed by atoms with Crippen molar-refractivity contribution in [3.63, 3.8) is 0 Å². The highest BCUT2D eigenvalue weighted by Crippen LogP contribution is 2.02. The quantitative estimate of drug-likeness (QED) is 0.765. The molecule has 0 atom stereocenters. The molecule has 0 spiro atoms. The molecule has 1 aromatic rings. The maximum Gasteiger partial charge on any atom is 0.233 e. The van der Waals surface area contributed by atoms with Gasteiger partial charge in [0.2, 0.25) is 5.91 Å². The fourth-order valence-corrected chi connectivity index (χ4v) is 1.77. The molecule has 0 bridgehead atoms. The van der Waals surface area contributed by atoms with E-state index in [1.807, 2.05) is 39.3 Å². The van der Waals surface area contributed by atoms with Crippen LogP contribution in [-0.2, 0) is 11.3 Å². The van der Waals surface area contributed by atoms with Crippen molar-refractivity contribution in [2.75, 3.05) is 13.1 Å². The Kier molecular flexibility index (Phi) is 5.54. The third-order valence-electron chi connectivity index (χ3n) is 2.75. The zero-order valence-corrected chi connectivity index (χ0v) is 12.7. The molecule has 0 aliphatic heterocycles. The summed E-state index contributed by atoms with van der Waals surface area (Å²) in [4.78, 5) is 11.6. The average Bonchev–Trinajstić information content (AvgIpc) is 2.60. The van der Waals surface area contributed by atoms with Crippen molar-refractivity contribution in [1.82, 2.24) is 20.4 Å². The van der Waals surface area contributed by atoms with Crippen molar-refractivity contribution in [1.29, 1.82) is 0 Å². The van der Waals surface area contributed by atoms with Crippen LogP contribution in [0.2, 0.25) is 0 Å². The first-order valence-corrected chi connectivity index (χ1v) is 6.81. The van der Waals surface area contributed by atoms with Crippen molar-refractivity contribution in [3.8, 4) is 0 Å². The molecule has 1 aromatic heterocycles. The Hall–Kier alpha value is -1.36. The highest BCUT2D eigenvalue weighted by atomic mass is 16.1. The van der Waals surface area contributed by atoms with Gasteiger partial charge in [-0.2, -0.15) is 5.10 Å². The highest BCUT2D eigenvalue weighted by molar-refractivity contribution is 5.78. The first-order chi connectivity index (χ1) is 8.78. The van der Waals surface area contributed by atoms with E-state index < -0.39 is 0 Å². The zero-order valence-electron chi connectivity index (χ0n) is 12.7. The van der Waals surface area contributed by atoms with E-state index in [9.17, 15) is 4.79 Å². The Morgan fingerprint density at radius 3 is 2.58 bits per heavy atom. The summed E-state index contributed by atoms with van der Waals surface area (Å²) in [7, 11) is 0. The van der Waals surface area contributed by atoms with E-state index in [0.717, 1.165) is 18.7 Å². The van der Waals surface area contributed by atoms with Crippen molar-refractivity contribution in [2.45, 2.75) is 53.1 Å². The molecule has 0 aliphatic rings. The minimum Gasteiger partial charge on any atom is -0.355 e. The number of nitrogens with zero attached hydrogens (tertiary/aromatic N) is 2. The van der Waals surface area contributed by atoms with Crippen molar-refractivity contribution in [3.05, 3.63) is 17.5 Å². The minimum atomic E-state index is -0.0267. The molecule has 108 valence electrons. The van der Waals surface area contributed by atoms with Crippen LogP contribution in [0.3, 0.4) is 0 Å². The highest BCUT2D eigenvalue weighted by Gasteiger charge is 2.10. The van der Waals surface area contributed by atoms with Crippen LogP contribution in [0.1, 0.15) is 38.6 Å². The van der Waals surface area contributed by atoms with Gasteiger partial charge in [0.1, 0.15) is 0 Å². The summed E-state index contributed by atoms with van der Waals surface area (Å²) < 4.78 is 1.98. The number of amides is 1. The number of carbonyl (C=O) groups excluding carboxylic acids is 1. The molecule has 0 fully saturated rings. The third kappa shape index (κ3) is 6.38. The molecule has 0 aromatic carbocycles. The second-order valence-electron chi connectivity index (χ2n) is 5.96. The molecular formula is C14H26N4O. The fraction of sp³-hybridized carbons (Fsp3) is 0.714. The van der Waals surface area contributed by atoms with E-state index in [0.29, 0.717) is 13.1 Å². The van der Waals surface area contributed by atoms with E-state index in [1.165, 1.54) is 5.69 Å². The first kappa shape index (κ1) is 15.7. The largest absolute Gasteiger partial charge is 0.355 e. The molecule has 5 nitrogen and oxygen atoms in total. The van der Waals surface area contributed by atoms with Crippen molar-refractivity contribution >= 4 is 5.91 Å². The van der Waals surface area contributed by atoms with Crippen molar-refractivity contribution < 1.29 is 4.79 Å². The van der Waals surface area contributed by atoms with Gasteiger partial charge < -0.3 is 10.6 Å². The normalized spacial score (nSPS) is 11.6. The summed E-state index contributed by atoms with van der Waals surface area (Å²) in [5.41, 5.74) is 2.18. The predicted molar refractivity (Wildman–Crippen MR) is 77.1 cm³/mol. The number of nitrogens with one attached hydrogen (secondary N) is 2. The van der Waals surface area contributed by atoms with Crippen molar-refractivity contribution in [2.24, 2.45) is 0 Å². The Balaban J connectivity index is 2.17. The summed E-state index contributed by atoms with van der Waals surface area (Å²) in [6.07, 6.45) is 0.892. The molecule has 0 saturated heterocycles. The fourth-order valence-electron chi connectivity index (χ4n) is 1.77. The lowest BCUT2D eigenvalue weighted by Crippen LogP contribution is -2.43. The molecule has 0 aliphatic carbocycles. The van der Waals surface area contributed by atoms with Gasteiger partial charge in [0.05, 0.1) is 12.2 Å². The Labute approximate surface area is 115 Å². The lowest BCUT2D eigenvalue weighted by Gasteiger charge is -2.20. The summed E-state index contributed by atoms with van der Waals surface area (Å²) in [5.74, 6) is 0.0447. The van der Waals surface area contributed by atoms with Gasteiger partial charge in [-0.1, -0.05) is 0 Å². The van der Waals surface area contributed by atoms with Gasteiger partial charge in [0, 0.05) is 24.3 Å². The Morgan fingerprint density at radius 2 is 2.05 bits per heavy atom. The maximum atomic E-state index is 11.6. The van der Waals surface area contributed by atoms with E-state index >= 15 is 0 Å². The van der Waals surface area contributed by atoms with E-state index in [2.05, 4.69) is 21.8 Å². The van der Waals surface area contributed by atoms with Gasteiger partial charge in [-0.25, -0.2) is 0 Å². The number of rotatable bonds is 6. The van der Waals surface area contributed by atoms with Crippen LogP contribution in [0.15, 0.2) is 6.07 Å². The predicted octanol–water partition coefficient (Wildman–Crippen LogP) is 1.39. The Morgan fingerprint density at radius 1 is 1.37 bits per heavy atom. The summed E-state index contributed by atoms with van der Waals surface area (Å²) >= 11 is 0. The molecular weight excluding hydrogens is 240 g/mol. The molecule has 0 unspecified atom stereocenters. The third-order valence-corrected chi connectivity index (χ3v) is 2.75. The number of aryl methyl sites for hydroxylation is 3. The van der Waals surface area contributed by atoms with E-state index in [1.54, 1.807) is 0 Å². The Bertz CT molecular complexity index is 418. The van der Waals surface area contributed by atoms with E-state index in [-0.39, 0.29) is 11.4 Å². The average molecular weight is 266 g/mol. The summed E-state index contributed by atoms with van der Waals surface area (Å²) in [6, 6.07) is 2.06. The molecule has 5 heteroatoms. The number of aromatic nitrogens is 2. The minimum absolute atomic E-state index is 0.0267. The molecule has 1 heterocycles. The molecule has 0 radical (unpaired) electrons. The number of hydrogen-bond acceptors (Lipinski definition) is 3. The SMILES string of the molecule is Cc1cc(C)n(CCCNC(=O)CNC(C)(C)C)n1. The van der Waals surface area contributed by atoms with Crippen LogP contribution in [0.25, 0.3) is 0 Å². The summed E-state index contributed by atoms with van der Waals surface area (Å²) in [5, 5.41) is 10.5. The van der Waals surface area contributed by atoms with Crippen LogP contribution >= 0.6 is 0 Å². The van der Waals surface area contributed by atoms with Crippen LogP contribution < -0.4 is 10.6 Å². The molecule has 1 amide bonds.